The van der Waals surface area contributed by atoms with Gasteiger partial charge in [-0.05, 0) is 32.6 Å². The lowest BCUT2D eigenvalue weighted by atomic mass is 10.2. The molecule has 1 fully saturated rings. The van der Waals surface area contributed by atoms with Crippen LogP contribution in [0, 0.1) is 6.92 Å². The number of nitrogens with zero attached hydrogens (tertiary/aromatic N) is 2. The normalized spacial score (nSPS) is 22.1. The van der Waals surface area contributed by atoms with Crippen molar-refractivity contribution in [3.8, 4) is 0 Å². The second-order valence-electron chi connectivity index (χ2n) is 5.48. The minimum Gasteiger partial charge on any atom is -0.292 e. The molecule has 1 heterocycles. The highest BCUT2D eigenvalue weighted by Gasteiger charge is 2.26. The zero-order valence-electron chi connectivity index (χ0n) is 12.3. The predicted octanol–water partition coefficient (Wildman–Crippen LogP) is 0.867. The molecule has 20 heavy (non-hydrogen) atoms. The molecule has 0 aromatic heterocycles. The monoisotopic (exact) mass is 297 g/mol. The van der Waals surface area contributed by atoms with E-state index in [4.69, 9.17) is 0 Å². The topological polar surface area (TPSA) is 52.7 Å². The molecule has 5 nitrogen and oxygen atoms in total. The standard InChI is InChI=1S/C14H23N3O2S/c1-4-17-10-13(9-16(3)11-17)15-20(18,19)14-7-5-12(2)6-8-14/h5-8,13,15H,4,9-11H2,1-3H3/t13-/m1/s1. The summed E-state index contributed by atoms with van der Waals surface area (Å²) in [4.78, 5) is 4.70. The van der Waals surface area contributed by atoms with Crippen LogP contribution in [0.1, 0.15) is 12.5 Å². The summed E-state index contributed by atoms with van der Waals surface area (Å²) in [5, 5.41) is 0. The summed E-state index contributed by atoms with van der Waals surface area (Å²) in [5.41, 5.74) is 1.05. The molecule has 0 saturated carbocycles. The third kappa shape index (κ3) is 3.79. The minimum atomic E-state index is -3.44. The SMILES string of the molecule is CCN1C[C@H](NS(=O)(=O)c2ccc(C)cc2)CN(C)C1. The van der Waals surface area contributed by atoms with Gasteiger partial charge in [-0.2, -0.15) is 0 Å². The molecule has 1 atom stereocenters. The Morgan fingerprint density at radius 3 is 2.50 bits per heavy atom. The highest BCUT2D eigenvalue weighted by atomic mass is 32.2. The smallest absolute Gasteiger partial charge is 0.240 e. The van der Waals surface area contributed by atoms with E-state index >= 15 is 0 Å². The second-order valence-corrected chi connectivity index (χ2v) is 7.19. The molecule has 1 aliphatic heterocycles. The Kier molecular flexibility index (Phi) is 4.80. The fraction of sp³-hybridized carbons (Fsp3) is 0.571. The number of hydrogen-bond acceptors (Lipinski definition) is 4. The highest BCUT2D eigenvalue weighted by Crippen LogP contribution is 2.12. The number of aryl methyl sites for hydroxylation is 1. The second kappa shape index (κ2) is 6.22. The van der Waals surface area contributed by atoms with Crippen molar-refractivity contribution >= 4 is 10.0 Å². The Morgan fingerprint density at radius 2 is 1.90 bits per heavy atom. The Bertz CT molecular complexity index is 542. The zero-order valence-corrected chi connectivity index (χ0v) is 13.2. The van der Waals surface area contributed by atoms with Gasteiger partial charge in [-0.15, -0.1) is 0 Å². The van der Waals surface area contributed by atoms with Gasteiger partial charge in [0.2, 0.25) is 10.0 Å². The highest BCUT2D eigenvalue weighted by molar-refractivity contribution is 7.89. The van der Waals surface area contributed by atoms with Crippen LogP contribution in [-0.2, 0) is 10.0 Å². The number of likely N-dealkylation sites (N-methyl/N-ethyl adjacent to an activating group) is 2. The van der Waals surface area contributed by atoms with Crippen LogP contribution in [0.5, 0.6) is 0 Å². The van der Waals surface area contributed by atoms with Crippen LogP contribution in [0.2, 0.25) is 0 Å². The van der Waals surface area contributed by atoms with E-state index in [2.05, 4.69) is 21.4 Å². The summed E-state index contributed by atoms with van der Waals surface area (Å²) in [6.45, 7) is 7.34. The lowest BCUT2D eigenvalue weighted by Crippen LogP contribution is -2.56. The molecule has 1 aliphatic rings. The fourth-order valence-electron chi connectivity index (χ4n) is 2.51. The molecule has 0 aliphatic carbocycles. The van der Waals surface area contributed by atoms with Crippen molar-refractivity contribution in [1.29, 1.82) is 0 Å². The molecule has 0 spiro atoms. The Balaban J connectivity index is 2.09. The van der Waals surface area contributed by atoms with E-state index in [9.17, 15) is 8.42 Å². The van der Waals surface area contributed by atoms with Crippen LogP contribution in [-0.4, -0.2) is 57.6 Å². The van der Waals surface area contributed by atoms with Crippen molar-refractivity contribution in [1.82, 2.24) is 14.5 Å². The zero-order chi connectivity index (χ0) is 14.8. The van der Waals surface area contributed by atoms with Crippen LogP contribution in [0.4, 0.5) is 0 Å². The van der Waals surface area contributed by atoms with Crippen molar-refractivity contribution < 1.29 is 8.42 Å². The Hall–Kier alpha value is -0.950. The average Bonchev–Trinajstić information content (AvgIpc) is 2.37. The first-order valence-electron chi connectivity index (χ1n) is 6.90. The molecule has 0 amide bonds. The third-order valence-corrected chi connectivity index (χ3v) is 5.09. The van der Waals surface area contributed by atoms with Gasteiger partial charge in [-0.25, -0.2) is 13.1 Å². The lowest BCUT2D eigenvalue weighted by Gasteiger charge is -2.37. The number of benzene rings is 1. The number of hydrogen-bond donors (Lipinski definition) is 1. The largest absolute Gasteiger partial charge is 0.292 e. The van der Waals surface area contributed by atoms with Crippen LogP contribution in [0.15, 0.2) is 29.2 Å². The van der Waals surface area contributed by atoms with Gasteiger partial charge in [0.15, 0.2) is 0 Å². The van der Waals surface area contributed by atoms with E-state index in [0.717, 1.165) is 31.9 Å². The van der Waals surface area contributed by atoms with Crippen molar-refractivity contribution in [3.63, 3.8) is 0 Å². The third-order valence-electron chi connectivity index (χ3n) is 3.55. The molecular formula is C14H23N3O2S. The van der Waals surface area contributed by atoms with Crippen molar-refractivity contribution in [2.24, 2.45) is 0 Å². The van der Waals surface area contributed by atoms with Gasteiger partial charge in [0.1, 0.15) is 0 Å². The first-order valence-corrected chi connectivity index (χ1v) is 8.39. The molecule has 1 aromatic rings. The van der Waals surface area contributed by atoms with E-state index in [0.29, 0.717) is 4.90 Å². The van der Waals surface area contributed by atoms with Gasteiger partial charge < -0.3 is 0 Å². The predicted molar refractivity (Wildman–Crippen MR) is 80.0 cm³/mol. The van der Waals surface area contributed by atoms with Crippen LogP contribution in [0.3, 0.4) is 0 Å². The summed E-state index contributed by atoms with van der Waals surface area (Å²) in [5.74, 6) is 0. The maximum atomic E-state index is 12.4. The number of nitrogens with one attached hydrogen (secondary N) is 1. The average molecular weight is 297 g/mol. The van der Waals surface area contributed by atoms with E-state index < -0.39 is 10.0 Å². The number of sulfonamides is 1. The molecule has 1 saturated heterocycles. The van der Waals surface area contributed by atoms with E-state index in [1.165, 1.54) is 0 Å². The summed E-state index contributed by atoms with van der Waals surface area (Å²) >= 11 is 0. The van der Waals surface area contributed by atoms with E-state index in [-0.39, 0.29) is 6.04 Å². The van der Waals surface area contributed by atoms with Crippen molar-refractivity contribution in [3.05, 3.63) is 29.8 Å². The Morgan fingerprint density at radius 1 is 1.25 bits per heavy atom. The van der Waals surface area contributed by atoms with E-state index in [1.807, 2.05) is 26.1 Å². The van der Waals surface area contributed by atoms with E-state index in [1.54, 1.807) is 12.1 Å². The number of rotatable bonds is 4. The Labute approximate surface area is 121 Å². The minimum absolute atomic E-state index is 0.0694. The van der Waals surface area contributed by atoms with Crippen LogP contribution in [0.25, 0.3) is 0 Å². The molecule has 1 aromatic carbocycles. The maximum absolute atomic E-state index is 12.4. The van der Waals surface area contributed by atoms with Gasteiger partial charge in [-0.3, -0.25) is 9.80 Å². The van der Waals surface area contributed by atoms with Gasteiger partial charge in [-0.1, -0.05) is 24.6 Å². The fourth-order valence-corrected chi connectivity index (χ4v) is 3.73. The van der Waals surface area contributed by atoms with Gasteiger partial charge in [0, 0.05) is 19.1 Å². The quantitative estimate of drug-likeness (QED) is 0.896. The molecule has 112 valence electrons. The van der Waals surface area contributed by atoms with Gasteiger partial charge in [0.05, 0.1) is 11.6 Å². The van der Waals surface area contributed by atoms with Crippen molar-refractivity contribution in [2.75, 3.05) is 33.4 Å². The first-order chi connectivity index (χ1) is 9.40. The molecule has 0 radical (unpaired) electrons. The van der Waals surface area contributed by atoms with Gasteiger partial charge >= 0.3 is 0 Å². The summed E-state index contributed by atoms with van der Waals surface area (Å²) in [7, 11) is -1.43. The van der Waals surface area contributed by atoms with Crippen LogP contribution < -0.4 is 4.72 Å². The maximum Gasteiger partial charge on any atom is 0.240 e. The molecular weight excluding hydrogens is 274 g/mol. The van der Waals surface area contributed by atoms with Crippen LogP contribution >= 0.6 is 0 Å². The first kappa shape index (κ1) is 15.4. The molecule has 6 heteroatoms. The molecule has 1 N–H and O–H groups in total. The summed E-state index contributed by atoms with van der Waals surface area (Å²) in [6, 6.07) is 6.88. The molecule has 0 unspecified atom stereocenters. The lowest BCUT2D eigenvalue weighted by molar-refractivity contribution is 0.0933. The van der Waals surface area contributed by atoms with Gasteiger partial charge in [0.25, 0.3) is 0 Å². The summed E-state index contributed by atoms with van der Waals surface area (Å²) < 4.78 is 27.5. The summed E-state index contributed by atoms with van der Waals surface area (Å²) in [6.07, 6.45) is 0. The van der Waals surface area contributed by atoms with Crippen molar-refractivity contribution in [2.45, 2.75) is 24.8 Å². The molecule has 2 rings (SSSR count). The molecule has 0 bridgehead atoms.